The van der Waals surface area contributed by atoms with Crippen molar-refractivity contribution in [3.8, 4) is 10.8 Å². The summed E-state index contributed by atoms with van der Waals surface area (Å²) >= 11 is 13.9. The molecule has 2 heterocycles. The van der Waals surface area contributed by atoms with Crippen molar-refractivity contribution in [2.75, 3.05) is 5.88 Å². The maximum atomic E-state index is 5.65. The summed E-state index contributed by atoms with van der Waals surface area (Å²) in [7, 11) is 0. The van der Waals surface area contributed by atoms with Crippen LogP contribution in [0.25, 0.3) is 10.8 Å². The van der Waals surface area contributed by atoms with Crippen LogP contribution in [0.2, 0.25) is 0 Å². The molecule has 0 aliphatic rings. The number of aromatic nitrogens is 1. The Kier molecular flexibility index (Phi) is 3.88. The molecule has 2 rings (SSSR count). The first-order valence-corrected chi connectivity index (χ1v) is 7.16. The molecule has 0 amide bonds. The van der Waals surface area contributed by atoms with E-state index in [0.29, 0.717) is 10.5 Å². The number of hydrogen-bond acceptors (Lipinski definition) is 3. The molecular formula is C9H6Br2ClNOS. The van der Waals surface area contributed by atoms with Gasteiger partial charge < -0.3 is 4.42 Å². The second-order valence-electron chi connectivity index (χ2n) is 2.82. The molecule has 15 heavy (non-hydrogen) atoms. The van der Waals surface area contributed by atoms with Gasteiger partial charge in [-0.05, 0) is 31.9 Å². The third-order valence-corrected chi connectivity index (χ3v) is 4.56. The Balaban J connectivity index is 2.28. The highest BCUT2D eigenvalue weighted by Gasteiger charge is 2.11. The monoisotopic (exact) mass is 369 g/mol. The van der Waals surface area contributed by atoms with E-state index in [1.807, 2.05) is 11.4 Å². The zero-order valence-corrected chi connectivity index (χ0v) is 12.2. The van der Waals surface area contributed by atoms with Crippen LogP contribution in [-0.4, -0.2) is 10.9 Å². The lowest BCUT2D eigenvalue weighted by Crippen LogP contribution is -1.85. The Bertz CT molecular complexity index is 449. The Hall–Kier alpha value is 0.160. The van der Waals surface area contributed by atoms with Gasteiger partial charge in [0.25, 0.3) is 0 Å². The topological polar surface area (TPSA) is 26.0 Å². The highest BCUT2D eigenvalue weighted by atomic mass is 79.9. The SMILES string of the molecule is ClCCc1csc(-c2cc(Br)c(Br)o2)n1. The summed E-state index contributed by atoms with van der Waals surface area (Å²) in [6.45, 7) is 0. The van der Waals surface area contributed by atoms with E-state index in [0.717, 1.165) is 27.4 Å². The average molecular weight is 371 g/mol. The van der Waals surface area contributed by atoms with Crippen molar-refractivity contribution in [2.24, 2.45) is 0 Å². The summed E-state index contributed by atoms with van der Waals surface area (Å²) in [6, 6.07) is 1.90. The van der Waals surface area contributed by atoms with Crippen molar-refractivity contribution in [1.29, 1.82) is 0 Å². The van der Waals surface area contributed by atoms with E-state index < -0.39 is 0 Å². The van der Waals surface area contributed by atoms with Crippen molar-refractivity contribution >= 4 is 54.8 Å². The minimum absolute atomic E-state index is 0.592. The molecule has 0 unspecified atom stereocenters. The molecule has 0 spiro atoms. The fourth-order valence-electron chi connectivity index (χ4n) is 1.08. The molecule has 0 fully saturated rings. The van der Waals surface area contributed by atoms with E-state index in [2.05, 4.69) is 36.8 Å². The highest BCUT2D eigenvalue weighted by Crippen LogP contribution is 2.34. The Morgan fingerprint density at radius 1 is 1.47 bits per heavy atom. The van der Waals surface area contributed by atoms with Gasteiger partial charge in [-0.25, -0.2) is 4.98 Å². The molecule has 2 aromatic heterocycles. The minimum Gasteiger partial charge on any atom is -0.446 e. The lowest BCUT2D eigenvalue weighted by molar-refractivity contribution is 0.553. The van der Waals surface area contributed by atoms with Crippen molar-refractivity contribution in [3.63, 3.8) is 0 Å². The molecule has 0 aromatic carbocycles. The number of rotatable bonds is 3. The van der Waals surface area contributed by atoms with Gasteiger partial charge in [0.1, 0.15) is 0 Å². The molecule has 0 aliphatic heterocycles. The molecule has 0 bridgehead atoms. The zero-order valence-electron chi connectivity index (χ0n) is 7.47. The van der Waals surface area contributed by atoms with Crippen LogP contribution in [0.4, 0.5) is 0 Å². The first kappa shape index (κ1) is 11.6. The van der Waals surface area contributed by atoms with E-state index in [4.69, 9.17) is 16.0 Å². The molecule has 80 valence electrons. The third kappa shape index (κ3) is 2.64. The predicted molar refractivity (Wildman–Crippen MR) is 69.6 cm³/mol. The van der Waals surface area contributed by atoms with Crippen molar-refractivity contribution in [2.45, 2.75) is 6.42 Å². The maximum absolute atomic E-state index is 5.65. The summed E-state index contributed by atoms with van der Waals surface area (Å²) in [4.78, 5) is 4.42. The number of nitrogens with zero attached hydrogens (tertiary/aromatic N) is 1. The first-order valence-electron chi connectivity index (χ1n) is 4.16. The van der Waals surface area contributed by atoms with E-state index in [1.54, 1.807) is 11.3 Å². The fraction of sp³-hybridized carbons (Fsp3) is 0.222. The van der Waals surface area contributed by atoms with Gasteiger partial charge in [-0.2, -0.15) is 0 Å². The molecule has 6 heteroatoms. The van der Waals surface area contributed by atoms with Gasteiger partial charge in [0.2, 0.25) is 0 Å². The van der Waals surface area contributed by atoms with Gasteiger partial charge in [0.05, 0.1) is 10.2 Å². The molecule has 2 nitrogen and oxygen atoms in total. The number of hydrogen-bond donors (Lipinski definition) is 0. The van der Waals surface area contributed by atoms with Gasteiger partial charge >= 0.3 is 0 Å². The number of halogens is 3. The normalized spacial score (nSPS) is 10.9. The van der Waals surface area contributed by atoms with Crippen LogP contribution < -0.4 is 0 Å². The minimum atomic E-state index is 0.592. The summed E-state index contributed by atoms with van der Waals surface area (Å²) in [5, 5.41) is 2.88. The van der Waals surface area contributed by atoms with Gasteiger partial charge in [-0.3, -0.25) is 0 Å². The lowest BCUT2D eigenvalue weighted by atomic mass is 10.4. The number of alkyl halides is 1. The van der Waals surface area contributed by atoms with Crippen LogP contribution in [-0.2, 0) is 6.42 Å². The van der Waals surface area contributed by atoms with Crippen LogP contribution in [0.5, 0.6) is 0 Å². The van der Waals surface area contributed by atoms with Crippen LogP contribution in [0, 0.1) is 0 Å². The van der Waals surface area contributed by atoms with Crippen LogP contribution in [0.3, 0.4) is 0 Å². The maximum Gasteiger partial charge on any atom is 0.184 e. The predicted octanol–water partition coefficient (Wildman–Crippen LogP) is 4.71. The second-order valence-corrected chi connectivity index (χ2v) is 5.63. The van der Waals surface area contributed by atoms with Crippen LogP contribution in [0.1, 0.15) is 5.69 Å². The fourth-order valence-corrected chi connectivity index (χ4v) is 2.66. The van der Waals surface area contributed by atoms with Gasteiger partial charge in [0.15, 0.2) is 15.4 Å². The molecule has 0 saturated heterocycles. The van der Waals surface area contributed by atoms with Gasteiger partial charge in [-0.15, -0.1) is 22.9 Å². The number of furan rings is 1. The molecule has 0 saturated carbocycles. The summed E-state index contributed by atoms with van der Waals surface area (Å²) in [5.74, 6) is 1.36. The van der Waals surface area contributed by atoms with Crippen LogP contribution >= 0.6 is 54.8 Å². The standard InChI is InChI=1S/C9H6Br2ClNOS/c10-6-3-7(14-8(6)11)9-13-5(1-2-12)4-15-9/h3-4H,1-2H2. The van der Waals surface area contributed by atoms with Gasteiger partial charge in [-0.1, -0.05) is 0 Å². The Morgan fingerprint density at radius 3 is 2.87 bits per heavy atom. The molecule has 2 aromatic rings. The largest absolute Gasteiger partial charge is 0.446 e. The summed E-state index contributed by atoms with van der Waals surface area (Å²) in [6.07, 6.45) is 0.793. The zero-order chi connectivity index (χ0) is 10.8. The van der Waals surface area contributed by atoms with E-state index >= 15 is 0 Å². The smallest absolute Gasteiger partial charge is 0.184 e. The first-order chi connectivity index (χ1) is 7.20. The van der Waals surface area contributed by atoms with E-state index in [9.17, 15) is 0 Å². The number of thiazole rings is 1. The molecule has 0 N–H and O–H groups in total. The van der Waals surface area contributed by atoms with E-state index in [-0.39, 0.29) is 0 Å². The van der Waals surface area contributed by atoms with Crippen molar-refractivity contribution in [1.82, 2.24) is 4.98 Å². The molecule has 0 radical (unpaired) electrons. The Morgan fingerprint density at radius 2 is 2.27 bits per heavy atom. The molecule has 0 atom stereocenters. The second kappa shape index (κ2) is 4.99. The number of aryl methyl sites for hydroxylation is 1. The molecule has 0 aliphatic carbocycles. The Labute approximate surface area is 113 Å². The quantitative estimate of drug-likeness (QED) is 0.731. The summed E-state index contributed by atoms with van der Waals surface area (Å²) < 4.78 is 7.06. The average Bonchev–Trinajstić information content (AvgIpc) is 2.76. The molecular weight excluding hydrogens is 365 g/mol. The van der Waals surface area contributed by atoms with Crippen LogP contribution in [0.15, 0.2) is 25.0 Å². The van der Waals surface area contributed by atoms with Crippen molar-refractivity contribution in [3.05, 3.63) is 26.3 Å². The highest BCUT2D eigenvalue weighted by molar-refractivity contribution is 9.13. The van der Waals surface area contributed by atoms with E-state index in [1.165, 1.54) is 0 Å². The van der Waals surface area contributed by atoms with Crippen molar-refractivity contribution < 1.29 is 4.42 Å². The summed E-state index contributed by atoms with van der Waals surface area (Å²) in [5.41, 5.74) is 1.01. The third-order valence-electron chi connectivity index (χ3n) is 1.76. The lowest BCUT2D eigenvalue weighted by Gasteiger charge is -1.88. The van der Waals surface area contributed by atoms with Gasteiger partial charge in [0, 0.05) is 23.7 Å².